The van der Waals surface area contributed by atoms with Gasteiger partial charge in [0.05, 0.1) is 5.36 Å². The van der Waals surface area contributed by atoms with E-state index < -0.39 is 0 Å². The number of hydrogen-bond donors (Lipinski definition) is 0. The van der Waals surface area contributed by atoms with Crippen LogP contribution < -0.4 is 10.6 Å². The maximum absolute atomic E-state index is 11.2. The first-order chi connectivity index (χ1) is 7.83. The average Bonchev–Trinajstić information content (AvgIpc) is 2.48. The zero-order valence-corrected chi connectivity index (χ0v) is 8.51. The van der Waals surface area contributed by atoms with E-state index in [1.807, 2.05) is 24.3 Å². The number of fused-ring (bicyclic) bond motifs is 2. The molecule has 16 heavy (non-hydrogen) atoms. The van der Waals surface area contributed by atoms with Gasteiger partial charge in [-0.2, -0.15) is 0 Å². The second kappa shape index (κ2) is 3.45. The number of allylic oxidation sites excluding steroid dienone is 2. The van der Waals surface area contributed by atoms with Crippen LogP contribution in [0, 0.1) is 0 Å². The molecule has 0 amide bonds. The van der Waals surface area contributed by atoms with Gasteiger partial charge in [-0.3, -0.25) is 4.79 Å². The number of carbonyl (C=O) groups is 1. The van der Waals surface area contributed by atoms with E-state index in [1.54, 1.807) is 12.3 Å². The van der Waals surface area contributed by atoms with Crippen molar-refractivity contribution >= 4 is 12.0 Å². The molecule has 0 fully saturated rings. The van der Waals surface area contributed by atoms with Crippen LogP contribution in [0.5, 0.6) is 0 Å². The molecule has 2 aliphatic rings. The minimum absolute atomic E-state index is 0.0494. The smallest absolute Gasteiger partial charge is 0.163 e. The summed E-state index contributed by atoms with van der Waals surface area (Å²) < 4.78 is 5.46. The normalized spacial score (nSPS) is 17.6. The fourth-order valence-electron chi connectivity index (χ4n) is 1.72. The lowest BCUT2D eigenvalue weighted by molar-refractivity contribution is -0.114. The van der Waals surface area contributed by atoms with Gasteiger partial charge in [0.25, 0.3) is 0 Å². The summed E-state index contributed by atoms with van der Waals surface area (Å²) in [5.74, 6) is 0.584. The molecule has 78 valence electrons. The first-order valence-corrected chi connectivity index (χ1v) is 5.09. The highest BCUT2D eigenvalue weighted by molar-refractivity contribution is 5.93. The van der Waals surface area contributed by atoms with Crippen molar-refractivity contribution in [2.45, 2.75) is 6.42 Å². The summed E-state index contributed by atoms with van der Waals surface area (Å²) in [6.45, 7) is 0. The van der Waals surface area contributed by atoms with Crippen LogP contribution in [0.3, 0.4) is 0 Å². The number of benzene rings is 1. The lowest BCUT2D eigenvalue weighted by Crippen LogP contribution is -2.23. The molecule has 1 aromatic carbocycles. The Morgan fingerprint density at radius 2 is 2.12 bits per heavy atom. The van der Waals surface area contributed by atoms with E-state index in [9.17, 15) is 4.79 Å². The van der Waals surface area contributed by atoms with E-state index in [-0.39, 0.29) is 5.78 Å². The second-order valence-corrected chi connectivity index (χ2v) is 3.67. The Morgan fingerprint density at radius 3 is 3.06 bits per heavy atom. The third kappa shape index (κ3) is 1.46. The summed E-state index contributed by atoms with van der Waals surface area (Å²) in [5.41, 5.74) is 0.737. The van der Waals surface area contributed by atoms with E-state index in [2.05, 4.69) is 4.99 Å². The predicted molar refractivity (Wildman–Crippen MR) is 58.6 cm³/mol. The van der Waals surface area contributed by atoms with Crippen molar-refractivity contribution in [1.82, 2.24) is 0 Å². The molecule has 1 aliphatic heterocycles. The maximum Gasteiger partial charge on any atom is 0.163 e. The van der Waals surface area contributed by atoms with Crippen LogP contribution in [0.1, 0.15) is 6.42 Å². The van der Waals surface area contributed by atoms with Gasteiger partial charge in [-0.25, -0.2) is 4.99 Å². The third-order valence-electron chi connectivity index (χ3n) is 2.53. The summed E-state index contributed by atoms with van der Waals surface area (Å²) >= 11 is 0. The van der Waals surface area contributed by atoms with Crippen LogP contribution in [0.2, 0.25) is 0 Å². The Kier molecular flexibility index (Phi) is 1.96. The minimum atomic E-state index is 0.0494. The zero-order valence-electron chi connectivity index (χ0n) is 8.51. The molecule has 0 saturated carbocycles. The quantitative estimate of drug-likeness (QED) is 0.637. The third-order valence-corrected chi connectivity index (χ3v) is 2.53. The van der Waals surface area contributed by atoms with Crippen LogP contribution >= 0.6 is 0 Å². The Hall–Kier alpha value is -2.16. The summed E-state index contributed by atoms with van der Waals surface area (Å²) in [4.78, 5) is 15.7. The van der Waals surface area contributed by atoms with E-state index in [0.717, 1.165) is 16.3 Å². The second-order valence-electron chi connectivity index (χ2n) is 3.67. The number of rotatable bonds is 0. The highest BCUT2D eigenvalue weighted by Crippen LogP contribution is 2.19. The number of para-hydroxylation sites is 1. The first-order valence-electron chi connectivity index (χ1n) is 5.09. The van der Waals surface area contributed by atoms with Gasteiger partial charge in [-0.05, 0) is 18.2 Å². The molecule has 0 N–H and O–H groups in total. The van der Waals surface area contributed by atoms with Gasteiger partial charge in [0, 0.05) is 17.7 Å². The fraction of sp³-hybridized carbons (Fsp3) is 0.0769. The molecule has 0 unspecified atom stereocenters. The van der Waals surface area contributed by atoms with E-state index >= 15 is 0 Å². The molecule has 0 saturated heterocycles. The molecule has 0 aromatic heterocycles. The molecular formula is C13H9NO2. The Morgan fingerprint density at radius 1 is 1.25 bits per heavy atom. The van der Waals surface area contributed by atoms with Gasteiger partial charge < -0.3 is 4.74 Å². The largest absolute Gasteiger partial charge is 0.462 e. The minimum Gasteiger partial charge on any atom is -0.462 e. The van der Waals surface area contributed by atoms with E-state index in [0.29, 0.717) is 12.2 Å². The van der Waals surface area contributed by atoms with Crippen LogP contribution in [-0.4, -0.2) is 5.78 Å². The number of ether oxygens (including phenoxy) is 1. The fourth-order valence-corrected chi connectivity index (χ4v) is 1.72. The van der Waals surface area contributed by atoms with Crippen molar-refractivity contribution in [3.8, 4) is 0 Å². The van der Waals surface area contributed by atoms with Crippen LogP contribution in [0.4, 0.5) is 0 Å². The zero-order chi connectivity index (χ0) is 11.0. The lowest BCUT2D eigenvalue weighted by Gasteiger charge is -2.08. The molecule has 1 aromatic rings. The molecule has 0 radical (unpaired) electrons. The summed E-state index contributed by atoms with van der Waals surface area (Å²) in [5, 5.41) is 1.79. The van der Waals surface area contributed by atoms with E-state index in [1.165, 1.54) is 6.08 Å². The molecule has 0 spiro atoms. The van der Waals surface area contributed by atoms with Crippen molar-refractivity contribution in [2.24, 2.45) is 4.99 Å². The number of ketones is 1. The van der Waals surface area contributed by atoms with Gasteiger partial charge in [-0.15, -0.1) is 0 Å². The van der Waals surface area contributed by atoms with Gasteiger partial charge >= 0.3 is 0 Å². The van der Waals surface area contributed by atoms with Crippen molar-refractivity contribution in [3.05, 3.63) is 58.4 Å². The topological polar surface area (TPSA) is 38.7 Å². The van der Waals surface area contributed by atoms with Gasteiger partial charge in [0.2, 0.25) is 0 Å². The van der Waals surface area contributed by atoms with Gasteiger partial charge in [0.1, 0.15) is 12.0 Å². The van der Waals surface area contributed by atoms with Gasteiger partial charge in [0.15, 0.2) is 11.5 Å². The molecule has 3 heteroatoms. The van der Waals surface area contributed by atoms with E-state index in [4.69, 9.17) is 4.74 Å². The summed E-state index contributed by atoms with van der Waals surface area (Å²) in [6, 6.07) is 7.71. The molecule has 3 rings (SSSR count). The van der Waals surface area contributed by atoms with Crippen molar-refractivity contribution in [3.63, 3.8) is 0 Å². The number of carbonyl (C=O) groups excluding carboxylic acids is 1. The summed E-state index contributed by atoms with van der Waals surface area (Å²) in [7, 11) is 0. The Balaban J connectivity index is 2.25. The van der Waals surface area contributed by atoms with Crippen LogP contribution in [0.15, 0.2) is 52.9 Å². The lowest BCUT2D eigenvalue weighted by atomic mass is 10.1. The molecule has 0 bridgehead atoms. The highest BCUT2D eigenvalue weighted by atomic mass is 16.5. The van der Waals surface area contributed by atoms with Crippen molar-refractivity contribution in [2.75, 3.05) is 0 Å². The monoisotopic (exact) mass is 211 g/mol. The molecule has 1 aliphatic carbocycles. The first kappa shape index (κ1) is 9.09. The molecule has 3 nitrogen and oxygen atoms in total. The average molecular weight is 211 g/mol. The predicted octanol–water partition coefficient (Wildman–Crippen LogP) is 0.815. The highest BCUT2D eigenvalue weighted by Gasteiger charge is 2.14. The Bertz CT molecular complexity index is 638. The molecular weight excluding hydrogens is 202 g/mol. The Labute approximate surface area is 92.1 Å². The van der Waals surface area contributed by atoms with Crippen LogP contribution in [-0.2, 0) is 9.53 Å². The SMILES string of the molecule is O=C1C=C2OC=c3ccccc3=NC2=CC1. The van der Waals surface area contributed by atoms with Gasteiger partial charge in [-0.1, -0.05) is 12.1 Å². The molecule has 1 heterocycles. The van der Waals surface area contributed by atoms with Crippen molar-refractivity contribution in [1.29, 1.82) is 0 Å². The maximum atomic E-state index is 11.2. The summed E-state index contributed by atoms with van der Waals surface area (Å²) in [6.07, 6.45) is 5.33. The molecule has 0 atom stereocenters. The van der Waals surface area contributed by atoms with Crippen molar-refractivity contribution < 1.29 is 9.53 Å². The number of hydrogen-bond acceptors (Lipinski definition) is 3. The standard InChI is InChI=1S/C13H9NO2/c15-10-5-6-12-13(7-10)16-8-9-3-1-2-4-11(9)14-12/h1-4,6-8H,5H2. The van der Waals surface area contributed by atoms with Crippen LogP contribution in [0.25, 0.3) is 6.26 Å². The number of nitrogens with zero attached hydrogens (tertiary/aromatic N) is 1.